The zero-order valence-corrected chi connectivity index (χ0v) is 9.99. The van der Waals surface area contributed by atoms with E-state index in [0.717, 1.165) is 12.5 Å². The molecule has 0 radical (unpaired) electrons. The van der Waals surface area contributed by atoms with Crippen LogP contribution < -0.4 is 0 Å². The molecule has 2 aliphatic carbocycles. The van der Waals surface area contributed by atoms with Gasteiger partial charge in [-0.05, 0) is 32.7 Å². The van der Waals surface area contributed by atoms with E-state index < -0.39 is 0 Å². The summed E-state index contributed by atoms with van der Waals surface area (Å²) in [6.45, 7) is 0. The van der Waals surface area contributed by atoms with Crippen LogP contribution in [0.3, 0.4) is 0 Å². The van der Waals surface area contributed by atoms with Gasteiger partial charge in [-0.2, -0.15) is 0 Å². The maximum atomic E-state index is 10.0. The molecule has 0 bridgehead atoms. The molecule has 0 aromatic heterocycles. The number of likely N-dealkylation sites (N-methyl/N-ethyl adjacent to an activating group) is 1. The fourth-order valence-electron chi connectivity index (χ4n) is 3.33. The van der Waals surface area contributed by atoms with Gasteiger partial charge in [0.05, 0.1) is 6.10 Å². The second-order valence-electron chi connectivity index (χ2n) is 5.38. The summed E-state index contributed by atoms with van der Waals surface area (Å²) in [7, 11) is 2.23. The zero-order valence-electron chi connectivity index (χ0n) is 9.99. The molecule has 2 heteroatoms. The van der Waals surface area contributed by atoms with Crippen LogP contribution in [0.2, 0.25) is 0 Å². The first kappa shape index (κ1) is 11.4. The van der Waals surface area contributed by atoms with E-state index in [9.17, 15) is 5.11 Å². The number of nitrogens with zero attached hydrogens (tertiary/aromatic N) is 1. The molecule has 2 fully saturated rings. The summed E-state index contributed by atoms with van der Waals surface area (Å²) in [6.07, 6.45) is 11.6. The van der Waals surface area contributed by atoms with E-state index in [1.54, 1.807) is 0 Å². The van der Waals surface area contributed by atoms with Crippen LogP contribution in [0.5, 0.6) is 0 Å². The van der Waals surface area contributed by atoms with Crippen LogP contribution in [0, 0.1) is 0 Å². The summed E-state index contributed by atoms with van der Waals surface area (Å²) in [4.78, 5) is 2.49. The van der Waals surface area contributed by atoms with E-state index in [1.807, 2.05) is 0 Å². The lowest BCUT2D eigenvalue weighted by Gasteiger charge is -2.41. The molecule has 2 unspecified atom stereocenters. The molecule has 0 aromatic carbocycles. The van der Waals surface area contributed by atoms with Crippen molar-refractivity contribution in [1.82, 2.24) is 4.90 Å². The molecule has 0 amide bonds. The number of hydrogen-bond acceptors (Lipinski definition) is 2. The van der Waals surface area contributed by atoms with Gasteiger partial charge in [-0.25, -0.2) is 0 Å². The van der Waals surface area contributed by atoms with Crippen molar-refractivity contribution in [1.29, 1.82) is 0 Å². The summed E-state index contributed by atoms with van der Waals surface area (Å²) in [5, 5.41) is 10.0. The Morgan fingerprint density at radius 2 is 1.47 bits per heavy atom. The molecule has 2 rings (SSSR count). The van der Waals surface area contributed by atoms with E-state index in [-0.39, 0.29) is 6.10 Å². The van der Waals surface area contributed by atoms with Gasteiger partial charge < -0.3 is 5.11 Å². The summed E-state index contributed by atoms with van der Waals surface area (Å²) >= 11 is 0. The van der Waals surface area contributed by atoms with Crippen molar-refractivity contribution >= 4 is 0 Å². The van der Waals surface area contributed by atoms with Gasteiger partial charge in [0.15, 0.2) is 0 Å². The molecule has 0 saturated heterocycles. The highest BCUT2D eigenvalue weighted by atomic mass is 16.3. The second kappa shape index (κ2) is 5.31. The van der Waals surface area contributed by atoms with Gasteiger partial charge in [-0.15, -0.1) is 0 Å². The van der Waals surface area contributed by atoms with Crippen molar-refractivity contribution in [2.75, 3.05) is 7.05 Å². The third-order valence-electron chi connectivity index (χ3n) is 4.37. The first-order valence-corrected chi connectivity index (χ1v) is 6.69. The molecule has 0 aliphatic heterocycles. The fraction of sp³-hybridized carbons (Fsp3) is 1.00. The Balaban J connectivity index is 1.89. The Hall–Kier alpha value is -0.0800. The van der Waals surface area contributed by atoms with Gasteiger partial charge in [0, 0.05) is 12.1 Å². The van der Waals surface area contributed by atoms with Gasteiger partial charge in [-0.1, -0.05) is 32.1 Å². The first-order chi connectivity index (χ1) is 7.29. The SMILES string of the molecule is CN(C1CCCCC1)C1CCCCC1O. The van der Waals surface area contributed by atoms with Crippen molar-refractivity contribution in [2.45, 2.75) is 76.0 Å². The Morgan fingerprint density at radius 3 is 2.13 bits per heavy atom. The largest absolute Gasteiger partial charge is 0.391 e. The van der Waals surface area contributed by atoms with Crippen LogP contribution in [0.25, 0.3) is 0 Å². The monoisotopic (exact) mass is 211 g/mol. The molecule has 88 valence electrons. The standard InChI is InChI=1S/C13H25NO/c1-14(11-7-3-2-4-8-11)12-9-5-6-10-13(12)15/h11-13,15H,2-10H2,1H3. The van der Waals surface area contributed by atoms with Crippen LogP contribution in [0.4, 0.5) is 0 Å². The number of aliphatic hydroxyl groups excluding tert-OH is 1. The van der Waals surface area contributed by atoms with Crippen molar-refractivity contribution in [3.05, 3.63) is 0 Å². The van der Waals surface area contributed by atoms with Crippen LogP contribution in [-0.2, 0) is 0 Å². The number of rotatable bonds is 2. The Bertz CT molecular complexity index is 189. The highest BCUT2D eigenvalue weighted by Gasteiger charge is 2.30. The predicted molar refractivity (Wildman–Crippen MR) is 62.9 cm³/mol. The normalized spacial score (nSPS) is 34.6. The summed E-state index contributed by atoms with van der Waals surface area (Å²) in [5.41, 5.74) is 0. The summed E-state index contributed by atoms with van der Waals surface area (Å²) in [6, 6.07) is 1.19. The third-order valence-corrected chi connectivity index (χ3v) is 4.37. The third kappa shape index (κ3) is 2.73. The Labute approximate surface area is 93.7 Å². The van der Waals surface area contributed by atoms with Crippen molar-refractivity contribution in [3.63, 3.8) is 0 Å². The Morgan fingerprint density at radius 1 is 0.867 bits per heavy atom. The minimum absolute atomic E-state index is 0.0642. The highest BCUT2D eigenvalue weighted by molar-refractivity contribution is 4.86. The average molecular weight is 211 g/mol. The zero-order chi connectivity index (χ0) is 10.7. The summed E-state index contributed by atoms with van der Waals surface area (Å²) in [5.74, 6) is 0. The molecule has 1 N–H and O–H groups in total. The molecule has 2 nitrogen and oxygen atoms in total. The minimum atomic E-state index is -0.0642. The Kier molecular flexibility index (Phi) is 4.04. The van der Waals surface area contributed by atoms with Gasteiger partial charge in [0.25, 0.3) is 0 Å². The van der Waals surface area contributed by atoms with Crippen molar-refractivity contribution in [2.24, 2.45) is 0 Å². The molecule has 2 saturated carbocycles. The van der Waals surface area contributed by atoms with E-state index in [4.69, 9.17) is 0 Å². The summed E-state index contributed by atoms with van der Waals surface area (Å²) < 4.78 is 0. The average Bonchev–Trinajstić information content (AvgIpc) is 2.30. The van der Waals surface area contributed by atoms with Crippen molar-refractivity contribution in [3.8, 4) is 0 Å². The molecule has 0 spiro atoms. The number of hydrogen-bond donors (Lipinski definition) is 1. The maximum Gasteiger partial charge on any atom is 0.0695 e. The smallest absolute Gasteiger partial charge is 0.0695 e. The van der Waals surface area contributed by atoms with E-state index in [0.29, 0.717) is 6.04 Å². The molecular formula is C13H25NO. The maximum absolute atomic E-state index is 10.0. The topological polar surface area (TPSA) is 23.5 Å². The molecule has 0 aromatic rings. The van der Waals surface area contributed by atoms with Gasteiger partial charge >= 0.3 is 0 Å². The number of aliphatic hydroxyl groups is 1. The quantitative estimate of drug-likeness (QED) is 0.759. The predicted octanol–water partition coefficient (Wildman–Crippen LogP) is 2.55. The lowest BCUT2D eigenvalue weighted by molar-refractivity contribution is 0.00506. The van der Waals surface area contributed by atoms with E-state index in [1.165, 1.54) is 51.4 Å². The van der Waals surface area contributed by atoms with Gasteiger partial charge in [0.2, 0.25) is 0 Å². The molecule has 2 atom stereocenters. The molecular weight excluding hydrogens is 186 g/mol. The fourth-order valence-corrected chi connectivity index (χ4v) is 3.33. The molecule has 0 heterocycles. The molecule has 15 heavy (non-hydrogen) atoms. The lowest BCUT2D eigenvalue weighted by Crippen LogP contribution is -2.48. The van der Waals surface area contributed by atoms with Gasteiger partial charge in [-0.3, -0.25) is 4.90 Å². The lowest BCUT2D eigenvalue weighted by atomic mass is 9.87. The van der Waals surface area contributed by atoms with Gasteiger partial charge in [0.1, 0.15) is 0 Å². The second-order valence-corrected chi connectivity index (χ2v) is 5.38. The van der Waals surface area contributed by atoms with Crippen LogP contribution in [-0.4, -0.2) is 35.2 Å². The van der Waals surface area contributed by atoms with E-state index in [2.05, 4.69) is 11.9 Å². The van der Waals surface area contributed by atoms with Crippen LogP contribution >= 0.6 is 0 Å². The van der Waals surface area contributed by atoms with Crippen LogP contribution in [0.15, 0.2) is 0 Å². The highest BCUT2D eigenvalue weighted by Crippen LogP contribution is 2.28. The minimum Gasteiger partial charge on any atom is -0.391 e. The van der Waals surface area contributed by atoms with Crippen molar-refractivity contribution < 1.29 is 5.11 Å². The van der Waals surface area contributed by atoms with E-state index >= 15 is 0 Å². The molecule has 2 aliphatic rings. The van der Waals surface area contributed by atoms with Crippen LogP contribution in [0.1, 0.15) is 57.8 Å². The first-order valence-electron chi connectivity index (χ1n) is 6.69.